The summed E-state index contributed by atoms with van der Waals surface area (Å²) in [7, 11) is 1.37. The van der Waals surface area contributed by atoms with E-state index in [1.165, 1.54) is 7.11 Å². The largest absolute Gasteiger partial charge is 0.468 e. The minimum atomic E-state index is -0.422. The summed E-state index contributed by atoms with van der Waals surface area (Å²) >= 11 is 9.19. The number of rotatable bonds is 3. The summed E-state index contributed by atoms with van der Waals surface area (Å²) in [6.07, 6.45) is 0.828. The molecule has 0 bridgehead atoms. The smallest absolute Gasteiger partial charge is 0.324 e. The molecule has 1 aromatic carbocycles. The molecule has 1 atom stereocenters. The maximum atomic E-state index is 11.4. The topological polar surface area (TPSA) is 26.3 Å². The van der Waals surface area contributed by atoms with Gasteiger partial charge in [0.25, 0.3) is 0 Å². The molecule has 2 nitrogen and oxygen atoms in total. The molecule has 0 heterocycles. The molecule has 0 amide bonds. The van der Waals surface area contributed by atoms with Gasteiger partial charge in [-0.15, -0.1) is 0 Å². The Morgan fingerprint density at radius 1 is 1.60 bits per heavy atom. The van der Waals surface area contributed by atoms with Gasteiger partial charge in [-0.05, 0) is 29.7 Å². The molecule has 1 aromatic rings. The van der Waals surface area contributed by atoms with Crippen molar-refractivity contribution in [3.8, 4) is 0 Å². The van der Waals surface area contributed by atoms with E-state index in [0.717, 1.165) is 17.5 Å². The predicted octanol–water partition coefficient (Wildman–Crippen LogP) is 3.51. The number of methoxy groups -OCH3 is 1. The van der Waals surface area contributed by atoms with Gasteiger partial charge in [0.15, 0.2) is 0 Å². The molecular weight excluding hydrogens is 279 g/mol. The zero-order valence-electron chi connectivity index (χ0n) is 8.59. The van der Waals surface area contributed by atoms with Crippen LogP contribution < -0.4 is 0 Å². The van der Waals surface area contributed by atoms with Crippen molar-refractivity contribution in [2.75, 3.05) is 7.11 Å². The van der Waals surface area contributed by atoms with Gasteiger partial charge in [0.1, 0.15) is 4.83 Å². The first-order chi connectivity index (χ1) is 7.10. The van der Waals surface area contributed by atoms with Gasteiger partial charge >= 0.3 is 5.97 Å². The van der Waals surface area contributed by atoms with Crippen LogP contribution in [-0.4, -0.2) is 13.1 Å². The third-order valence-corrected chi connectivity index (χ3v) is 3.27. The number of carbonyl (C=O) groups excluding carboxylic acids is 1. The van der Waals surface area contributed by atoms with E-state index in [-0.39, 0.29) is 5.97 Å². The molecule has 0 fully saturated rings. The van der Waals surface area contributed by atoms with Gasteiger partial charge in [0.2, 0.25) is 0 Å². The molecule has 0 spiro atoms. The molecule has 0 saturated carbocycles. The Morgan fingerprint density at radius 2 is 2.27 bits per heavy atom. The van der Waals surface area contributed by atoms with Gasteiger partial charge in [-0.2, -0.15) is 0 Å². The third-order valence-electron chi connectivity index (χ3n) is 2.17. The van der Waals surface area contributed by atoms with Crippen molar-refractivity contribution in [1.82, 2.24) is 0 Å². The van der Waals surface area contributed by atoms with Crippen molar-refractivity contribution in [3.63, 3.8) is 0 Å². The lowest BCUT2D eigenvalue weighted by atomic mass is 10.0. The van der Waals surface area contributed by atoms with Gasteiger partial charge in [-0.1, -0.05) is 40.5 Å². The summed E-state index contributed by atoms with van der Waals surface area (Å²) in [6, 6.07) is 5.48. The van der Waals surface area contributed by atoms with Crippen molar-refractivity contribution >= 4 is 33.5 Å². The summed E-state index contributed by atoms with van der Waals surface area (Å²) in [5.74, 6) is -0.299. The highest BCUT2D eigenvalue weighted by molar-refractivity contribution is 9.09. The molecule has 0 aliphatic carbocycles. The lowest BCUT2D eigenvalue weighted by Crippen LogP contribution is -2.10. The molecule has 0 N–H and O–H groups in total. The summed E-state index contributed by atoms with van der Waals surface area (Å²) in [5, 5.41) is 0.681. The Morgan fingerprint density at radius 3 is 2.80 bits per heavy atom. The number of halogens is 2. The van der Waals surface area contributed by atoms with E-state index in [2.05, 4.69) is 20.7 Å². The normalized spacial score (nSPS) is 12.3. The average Bonchev–Trinajstić information content (AvgIpc) is 2.26. The fraction of sp³-hybridized carbons (Fsp3) is 0.364. The Balaban J connectivity index is 3.07. The second-order valence-corrected chi connectivity index (χ2v) is 4.43. The average molecular weight is 292 g/mol. The maximum absolute atomic E-state index is 11.4. The zero-order valence-corrected chi connectivity index (χ0v) is 10.9. The quantitative estimate of drug-likeness (QED) is 0.629. The second-order valence-electron chi connectivity index (χ2n) is 3.08. The van der Waals surface area contributed by atoms with Gasteiger partial charge in [0, 0.05) is 5.02 Å². The van der Waals surface area contributed by atoms with E-state index in [1.54, 1.807) is 6.07 Å². The molecule has 1 rings (SSSR count). The van der Waals surface area contributed by atoms with Gasteiger partial charge in [0.05, 0.1) is 7.11 Å². The molecule has 0 aliphatic rings. The summed E-state index contributed by atoms with van der Waals surface area (Å²) < 4.78 is 4.68. The fourth-order valence-corrected chi connectivity index (χ4v) is 2.19. The number of hydrogen-bond donors (Lipinski definition) is 0. The van der Waals surface area contributed by atoms with E-state index in [4.69, 9.17) is 11.6 Å². The van der Waals surface area contributed by atoms with E-state index in [9.17, 15) is 4.79 Å². The molecule has 0 saturated heterocycles. The van der Waals surface area contributed by atoms with E-state index < -0.39 is 4.83 Å². The van der Waals surface area contributed by atoms with E-state index >= 15 is 0 Å². The monoisotopic (exact) mass is 290 g/mol. The Bertz CT molecular complexity index is 366. The molecule has 0 aliphatic heterocycles. The van der Waals surface area contributed by atoms with Crippen LogP contribution in [-0.2, 0) is 16.0 Å². The van der Waals surface area contributed by atoms with Gasteiger partial charge in [-0.25, -0.2) is 0 Å². The van der Waals surface area contributed by atoms with Crippen molar-refractivity contribution < 1.29 is 9.53 Å². The highest BCUT2D eigenvalue weighted by atomic mass is 79.9. The number of esters is 1. The van der Waals surface area contributed by atoms with Crippen molar-refractivity contribution in [3.05, 3.63) is 34.3 Å². The minimum Gasteiger partial charge on any atom is -0.468 e. The SMILES string of the molecule is CCc1cc(Cl)ccc1C(Br)C(=O)OC. The Labute approximate surface area is 103 Å². The molecule has 0 aromatic heterocycles. The lowest BCUT2D eigenvalue weighted by Gasteiger charge is -2.12. The maximum Gasteiger partial charge on any atom is 0.324 e. The molecule has 82 valence electrons. The van der Waals surface area contributed by atoms with Crippen LogP contribution in [0.15, 0.2) is 18.2 Å². The first-order valence-electron chi connectivity index (χ1n) is 4.60. The predicted molar refractivity (Wildman–Crippen MR) is 64.5 cm³/mol. The second kappa shape index (κ2) is 5.52. The van der Waals surface area contributed by atoms with Crippen molar-refractivity contribution in [1.29, 1.82) is 0 Å². The lowest BCUT2D eigenvalue weighted by molar-refractivity contribution is -0.139. The number of hydrogen-bond acceptors (Lipinski definition) is 2. The standard InChI is InChI=1S/C11H12BrClO2/c1-3-7-6-8(13)4-5-9(7)10(12)11(14)15-2/h4-6,10H,3H2,1-2H3. The minimum absolute atomic E-state index is 0.299. The van der Waals surface area contributed by atoms with Crippen LogP contribution >= 0.6 is 27.5 Å². The third kappa shape index (κ3) is 2.95. The zero-order chi connectivity index (χ0) is 11.4. The highest BCUT2D eigenvalue weighted by Gasteiger charge is 2.20. The summed E-state index contributed by atoms with van der Waals surface area (Å²) in [4.78, 5) is 10.9. The van der Waals surface area contributed by atoms with Crippen LogP contribution in [0.1, 0.15) is 22.9 Å². The molecular formula is C11H12BrClO2. The van der Waals surface area contributed by atoms with Crippen LogP contribution in [0, 0.1) is 0 Å². The van der Waals surface area contributed by atoms with Gasteiger partial charge < -0.3 is 4.74 Å². The molecule has 4 heteroatoms. The first-order valence-corrected chi connectivity index (χ1v) is 5.89. The van der Waals surface area contributed by atoms with Crippen LogP contribution in [0.3, 0.4) is 0 Å². The molecule has 0 radical (unpaired) electrons. The van der Waals surface area contributed by atoms with Crippen LogP contribution in [0.5, 0.6) is 0 Å². The Hall–Kier alpha value is -0.540. The first kappa shape index (κ1) is 12.5. The summed E-state index contributed by atoms with van der Waals surface area (Å²) in [5.41, 5.74) is 1.96. The summed E-state index contributed by atoms with van der Waals surface area (Å²) in [6.45, 7) is 2.02. The van der Waals surface area contributed by atoms with Crippen molar-refractivity contribution in [2.45, 2.75) is 18.2 Å². The number of aryl methyl sites for hydroxylation is 1. The van der Waals surface area contributed by atoms with Crippen LogP contribution in [0.4, 0.5) is 0 Å². The number of benzene rings is 1. The van der Waals surface area contributed by atoms with Crippen molar-refractivity contribution in [2.24, 2.45) is 0 Å². The number of carbonyl (C=O) groups is 1. The number of alkyl halides is 1. The van der Waals surface area contributed by atoms with E-state index in [0.29, 0.717) is 5.02 Å². The molecule has 1 unspecified atom stereocenters. The highest BCUT2D eigenvalue weighted by Crippen LogP contribution is 2.29. The van der Waals surface area contributed by atoms with Crippen LogP contribution in [0.25, 0.3) is 0 Å². The Kier molecular flexibility index (Phi) is 4.61. The van der Waals surface area contributed by atoms with Gasteiger partial charge in [-0.3, -0.25) is 4.79 Å². The van der Waals surface area contributed by atoms with E-state index in [1.807, 2.05) is 19.1 Å². The van der Waals surface area contributed by atoms with Crippen LogP contribution in [0.2, 0.25) is 5.02 Å². The number of ether oxygens (including phenoxy) is 1. The molecule has 15 heavy (non-hydrogen) atoms. The fourth-order valence-electron chi connectivity index (χ4n) is 1.36.